The van der Waals surface area contributed by atoms with Crippen LogP contribution in [0.1, 0.15) is 13.3 Å². The summed E-state index contributed by atoms with van der Waals surface area (Å²) in [4.78, 5) is 14.3. The van der Waals surface area contributed by atoms with E-state index in [9.17, 15) is 4.79 Å². The first-order valence-corrected chi connectivity index (χ1v) is 7.02. The molecule has 2 heterocycles. The van der Waals surface area contributed by atoms with Crippen molar-refractivity contribution in [2.24, 2.45) is 11.8 Å². The fourth-order valence-corrected chi connectivity index (χ4v) is 3.23. The molecule has 86 valence electrons. The molecule has 0 aromatic rings. The quantitative estimate of drug-likeness (QED) is 0.721. The van der Waals surface area contributed by atoms with Crippen molar-refractivity contribution in [1.29, 1.82) is 0 Å². The van der Waals surface area contributed by atoms with Crippen LogP contribution in [0.3, 0.4) is 0 Å². The molecule has 0 radical (unpaired) electrons. The van der Waals surface area contributed by atoms with Crippen LogP contribution < -0.4 is 5.32 Å². The summed E-state index contributed by atoms with van der Waals surface area (Å²) in [7, 11) is 0. The Labute approximate surface area is 96.0 Å². The highest BCUT2D eigenvalue weighted by atomic mass is 32.2. The molecule has 0 aromatic carbocycles. The van der Waals surface area contributed by atoms with Crippen LogP contribution >= 0.6 is 11.8 Å². The van der Waals surface area contributed by atoms with Gasteiger partial charge in [0.05, 0.1) is 5.92 Å². The lowest BCUT2D eigenvalue weighted by atomic mass is 9.96. The van der Waals surface area contributed by atoms with Crippen LogP contribution in [0.4, 0.5) is 0 Å². The van der Waals surface area contributed by atoms with Gasteiger partial charge in [-0.2, -0.15) is 11.8 Å². The first kappa shape index (κ1) is 11.3. The molecule has 2 atom stereocenters. The van der Waals surface area contributed by atoms with E-state index in [0.717, 1.165) is 38.4 Å². The minimum Gasteiger partial charge on any atom is -0.342 e. The molecule has 3 nitrogen and oxygen atoms in total. The van der Waals surface area contributed by atoms with Gasteiger partial charge in [-0.15, -0.1) is 0 Å². The Kier molecular flexibility index (Phi) is 3.92. The molecule has 0 spiro atoms. The molecule has 2 aliphatic rings. The maximum Gasteiger partial charge on any atom is 0.227 e. The third-order valence-corrected chi connectivity index (χ3v) is 4.42. The Morgan fingerprint density at radius 2 is 2.20 bits per heavy atom. The van der Waals surface area contributed by atoms with Crippen LogP contribution in [-0.2, 0) is 4.79 Å². The summed E-state index contributed by atoms with van der Waals surface area (Å²) in [6.45, 7) is 5.97. The van der Waals surface area contributed by atoms with E-state index in [-0.39, 0.29) is 5.92 Å². The highest BCUT2D eigenvalue weighted by Gasteiger charge is 2.32. The van der Waals surface area contributed by atoms with Gasteiger partial charge in [-0.25, -0.2) is 0 Å². The van der Waals surface area contributed by atoms with E-state index in [1.165, 1.54) is 5.75 Å². The topological polar surface area (TPSA) is 32.3 Å². The zero-order valence-corrected chi connectivity index (χ0v) is 10.2. The number of rotatable bonds is 1. The third kappa shape index (κ3) is 2.67. The van der Waals surface area contributed by atoms with Crippen molar-refractivity contribution in [3.05, 3.63) is 0 Å². The summed E-state index contributed by atoms with van der Waals surface area (Å²) in [6.07, 6.45) is 1.16. The molecule has 1 N–H and O–H groups in total. The van der Waals surface area contributed by atoms with Crippen LogP contribution in [0.5, 0.6) is 0 Å². The molecule has 0 bridgehead atoms. The van der Waals surface area contributed by atoms with E-state index >= 15 is 0 Å². The molecule has 2 saturated heterocycles. The number of nitrogens with zero attached hydrogens (tertiary/aromatic N) is 1. The number of carbonyl (C=O) groups is 1. The zero-order valence-electron chi connectivity index (χ0n) is 9.37. The maximum absolute atomic E-state index is 12.2. The first-order valence-electron chi connectivity index (χ1n) is 5.86. The van der Waals surface area contributed by atoms with Crippen molar-refractivity contribution >= 4 is 17.7 Å². The lowest BCUT2D eigenvalue weighted by Gasteiger charge is -2.25. The summed E-state index contributed by atoms with van der Waals surface area (Å²) in [6, 6.07) is 0. The number of hydrogen-bond acceptors (Lipinski definition) is 3. The van der Waals surface area contributed by atoms with Crippen molar-refractivity contribution in [3.63, 3.8) is 0 Å². The van der Waals surface area contributed by atoms with Gasteiger partial charge < -0.3 is 10.2 Å². The summed E-state index contributed by atoms with van der Waals surface area (Å²) in [5.41, 5.74) is 0. The van der Waals surface area contributed by atoms with Gasteiger partial charge in [0.15, 0.2) is 0 Å². The SMILES string of the molecule is C[C@@H]1CNC[C@H]1C(=O)N1CCCSCC1. The van der Waals surface area contributed by atoms with Crippen molar-refractivity contribution < 1.29 is 4.79 Å². The molecule has 1 amide bonds. The maximum atomic E-state index is 12.2. The lowest BCUT2D eigenvalue weighted by molar-refractivity contribution is -0.135. The van der Waals surface area contributed by atoms with E-state index in [2.05, 4.69) is 17.1 Å². The molecule has 2 aliphatic heterocycles. The van der Waals surface area contributed by atoms with Gasteiger partial charge >= 0.3 is 0 Å². The monoisotopic (exact) mass is 228 g/mol. The molecule has 0 aliphatic carbocycles. The molecule has 2 rings (SSSR count). The van der Waals surface area contributed by atoms with Crippen LogP contribution in [0.2, 0.25) is 0 Å². The number of carbonyl (C=O) groups excluding carboxylic acids is 1. The fourth-order valence-electron chi connectivity index (χ4n) is 2.34. The largest absolute Gasteiger partial charge is 0.342 e. The van der Waals surface area contributed by atoms with Crippen molar-refractivity contribution in [2.75, 3.05) is 37.7 Å². The van der Waals surface area contributed by atoms with Gasteiger partial charge in [0, 0.05) is 25.4 Å². The second kappa shape index (κ2) is 5.21. The van der Waals surface area contributed by atoms with E-state index in [0.29, 0.717) is 11.8 Å². The molecule has 4 heteroatoms. The lowest BCUT2D eigenvalue weighted by Crippen LogP contribution is -2.40. The van der Waals surface area contributed by atoms with Crippen LogP contribution in [-0.4, -0.2) is 48.5 Å². The smallest absolute Gasteiger partial charge is 0.227 e. The Morgan fingerprint density at radius 1 is 1.33 bits per heavy atom. The van der Waals surface area contributed by atoms with Crippen molar-refractivity contribution in [2.45, 2.75) is 13.3 Å². The van der Waals surface area contributed by atoms with E-state index < -0.39 is 0 Å². The van der Waals surface area contributed by atoms with Gasteiger partial charge in [-0.1, -0.05) is 6.92 Å². The standard InChI is InChI=1S/C11H20N2OS/c1-9-7-12-8-10(9)11(14)13-3-2-5-15-6-4-13/h9-10,12H,2-8H2,1H3/t9-,10-/m1/s1. The Bertz CT molecular complexity index is 227. The minimum atomic E-state index is 0.230. The molecule has 15 heavy (non-hydrogen) atoms. The van der Waals surface area contributed by atoms with Crippen LogP contribution in [0, 0.1) is 11.8 Å². The van der Waals surface area contributed by atoms with Crippen LogP contribution in [0.25, 0.3) is 0 Å². The predicted octanol–water partition coefficient (Wildman–Crippen LogP) is 0.807. The zero-order chi connectivity index (χ0) is 10.7. The van der Waals surface area contributed by atoms with Gasteiger partial charge in [-0.3, -0.25) is 4.79 Å². The second-order valence-electron chi connectivity index (χ2n) is 4.53. The first-order chi connectivity index (χ1) is 7.29. The summed E-state index contributed by atoms with van der Waals surface area (Å²) >= 11 is 1.97. The number of thioether (sulfide) groups is 1. The third-order valence-electron chi connectivity index (χ3n) is 3.37. The number of nitrogens with one attached hydrogen (secondary N) is 1. The highest BCUT2D eigenvalue weighted by molar-refractivity contribution is 7.99. The van der Waals surface area contributed by atoms with E-state index in [1.54, 1.807) is 0 Å². The average Bonchev–Trinajstić information content (AvgIpc) is 2.53. The van der Waals surface area contributed by atoms with Crippen LogP contribution in [0.15, 0.2) is 0 Å². The molecule has 2 fully saturated rings. The Morgan fingerprint density at radius 3 is 2.93 bits per heavy atom. The second-order valence-corrected chi connectivity index (χ2v) is 5.76. The summed E-state index contributed by atoms with van der Waals surface area (Å²) in [5, 5.41) is 3.31. The summed E-state index contributed by atoms with van der Waals surface area (Å²) < 4.78 is 0. The number of amides is 1. The molecule has 0 unspecified atom stereocenters. The van der Waals surface area contributed by atoms with Crippen molar-refractivity contribution in [1.82, 2.24) is 10.2 Å². The molecule has 0 saturated carbocycles. The fraction of sp³-hybridized carbons (Fsp3) is 0.909. The van der Waals surface area contributed by atoms with E-state index in [4.69, 9.17) is 0 Å². The van der Waals surface area contributed by atoms with Gasteiger partial charge in [0.1, 0.15) is 0 Å². The van der Waals surface area contributed by atoms with Crippen molar-refractivity contribution in [3.8, 4) is 0 Å². The highest BCUT2D eigenvalue weighted by Crippen LogP contribution is 2.20. The van der Waals surface area contributed by atoms with E-state index in [1.807, 2.05) is 11.8 Å². The predicted molar refractivity (Wildman–Crippen MR) is 64.0 cm³/mol. The average molecular weight is 228 g/mol. The van der Waals surface area contributed by atoms with Gasteiger partial charge in [0.2, 0.25) is 5.91 Å². The normalized spacial score (nSPS) is 32.7. The molecular formula is C11H20N2OS. The van der Waals surface area contributed by atoms with Gasteiger partial charge in [-0.05, 0) is 24.6 Å². The molecular weight excluding hydrogens is 208 g/mol. The summed E-state index contributed by atoms with van der Waals surface area (Å²) in [5.74, 6) is 3.44. The minimum absolute atomic E-state index is 0.230. The number of hydrogen-bond donors (Lipinski definition) is 1. The molecule has 0 aromatic heterocycles. The Hall–Kier alpha value is -0.220. The van der Waals surface area contributed by atoms with Gasteiger partial charge in [0.25, 0.3) is 0 Å². The Balaban J connectivity index is 1.93.